The first-order valence-electron chi connectivity index (χ1n) is 8.67. The van der Waals surface area contributed by atoms with Gasteiger partial charge in [-0.1, -0.05) is 18.2 Å². The molecular weight excluding hydrogens is 334 g/mol. The van der Waals surface area contributed by atoms with E-state index < -0.39 is 0 Å². The van der Waals surface area contributed by atoms with Crippen molar-refractivity contribution in [3.8, 4) is 28.7 Å². The first-order valence-corrected chi connectivity index (χ1v) is 8.67. The van der Waals surface area contributed by atoms with Crippen molar-refractivity contribution < 1.29 is 23.7 Å². The molecule has 0 amide bonds. The highest BCUT2D eigenvalue weighted by molar-refractivity contribution is 5.51. The maximum Gasteiger partial charge on any atom is 0.203 e. The average molecular weight is 359 g/mol. The van der Waals surface area contributed by atoms with Crippen LogP contribution in [0.25, 0.3) is 0 Å². The third kappa shape index (κ3) is 4.32. The van der Waals surface area contributed by atoms with Gasteiger partial charge in [0, 0.05) is 12.6 Å². The first-order chi connectivity index (χ1) is 12.7. The molecule has 26 heavy (non-hydrogen) atoms. The minimum absolute atomic E-state index is 0.0341. The zero-order valence-electron chi connectivity index (χ0n) is 15.4. The van der Waals surface area contributed by atoms with Crippen molar-refractivity contribution in [2.75, 3.05) is 34.0 Å². The van der Waals surface area contributed by atoms with E-state index in [1.807, 2.05) is 42.5 Å². The van der Waals surface area contributed by atoms with Gasteiger partial charge in [-0.15, -0.1) is 0 Å². The monoisotopic (exact) mass is 359 g/mol. The Kier molecular flexibility index (Phi) is 6.07. The molecule has 2 atom stereocenters. The Bertz CT molecular complexity index is 699. The first kappa shape index (κ1) is 18.2. The van der Waals surface area contributed by atoms with Gasteiger partial charge in [0.2, 0.25) is 5.75 Å². The van der Waals surface area contributed by atoms with Crippen LogP contribution in [0.3, 0.4) is 0 Å². The molecule has 0 spiro atoms. The molecule has 6 nitrogen and oxygen atoms in total. The van der Waals surface area contributed by atoms with Crippen LogP contribution in [0, 0.1) is 0 Å². The van der Waals surface area contributed by atoms with Crippen molar-refractivity contribution in [1.82, 2.24) is 5.32 Å². The average Bonchev–Trinajstić information content (AvgIpc) is 2.70. The predicted molar refractivity (Wildman–Crippen MR) is 98.9 cm³/mol. The van der Waals surface area contributed by atoms with Crippen molar-refractivity contribution in [1.29, 1.82) is 0 Å². The lowest BCUT2D eigenvalue weighted by Crippen LogP contribution is -2.43. The zero-order valence-corrected chi connectivity index (χ0v) is 15.4. The van der Waals surface area contributed by atoms with Crippen molar-refractivity contribution in [2.24, 2.45) is 0 Å². The summed E-state index contributed by atoms with van der Waals surface area (Å²) < 4.78 is 28.3. The number of fused-ring (bicyclic) bond motifs is 1. The second-order valence-electron chi connectivity index (χ2n) is 6.11. The maximum absolute atomic E-state index is 5.95. The van der Waals surface area contributed by atoms with Crippen LogP contribution in [0.15, 0.2) is 42.5 Å². The molecule has 0 saturated carbocycles. The van der Waals surface area contributed by atoms with Gasteiger partial charge in [0.1, 0.15) is 19.3 Å². The zero-order chi connectivity index (χ0) is 18.4. The van der Waals surface area contributed by atoms with E-state index in [1.54, 1.807) is 14.2 Å². The molecule has 1 N–H and O–H groups in total. The highest BCUT2D eigenvalue weighted by Crippen LogP contribution is 2.36. The molecule has 2 aromatic rings. The van der Waals surface area contributed by atoms with E-state index in [0.717, 1.165) is 11.5 Å². The number of hydrogen-bond acceptors (Lipinski definition) is 6. The van der Waals surface area contributed by atoms with Gasteiger partial charge < -0.3 is 29.0 Å². The van der Waals surface area contributed by atoms with Gasteiger partial charge in [-0.05, 0) is 31.2 Å². The van der Waals surface area contributed by atoms with E-state index in [1.165, 1.54) is 0 Å². The number of para-hydroxylation sites is 3. The van der Waals surface area contributed by atoms with Gasteiger partial charge in [0.15, 0.2) is 23.0 Å². The number of nitrogens with one attached hydrogen (secondary N) is 1. The van der Waals surface area contributed by atoms with Crippen LogP contribution in [0.2, 0.25) is 0 Å². The normalized spacial score (nSPS) is 16.7. The van der Waals surface area contributed by atoms with E-state index >= 15 is 0 Å². The van der Waals surface area contributed by atoms with E-state index in [4.69, 9.17) is 23.7 Å². The fourth-order valence-electron chi connectivity index (χ4n) is 2.72. The molecule has 6 heteroatoms. The summed E-state index contributed by atoms with van der Waals surface area (Å²) in [5.74, 6) is 3.49. The molecule has 0 aromatic heterocycles. The molecule has 1 aliphatic rings. The Balaban J connectivity index is 1.49. The van der Waals surface area contributed by atoms with Gasteiger partial charge >= 0.3 is 0 Å². The summed E-state index contributed by atoms with van der Waals surface area (Å²) in [6.07, 6.45) is -0.0341. The highest BCUT2D eigenvalue weighted by Gasteiger charge is 2.21. The van der Waals surface area contributed by atoms with E-state index in [-0.39, 0.29) is 12.1 Å². The molecular formula is C20H25NO5. The van der Waals surface area contributed by atoms with Crippen molar-refractivity contribution >= 4 is 0 Å². The quantitative estimate of drug-likeness (QED) is 0.782. The number of benzene rings is 2. The molecule has 1 heterocycles. The topological polar surface area (TPSA) is 58.2 Å². The van der Waals surface area contributed by atoms with E-state index in [9.17, 15) is 0 Å². The molecule has 1 aliphatic heterocycles. The van der Waals surface area contributed by atoms with Crippen LogP contribution in [0.5, 0.6) is 28.7 Å². The van der Waals surface area contributed by atoms with Gasteiger partial charge in [0.25, 0.3) is 0 Å². The summed E-state index contributed by atoms with van der Waals surface area (Å²) in [4.78, 5) is 0. The fourth-order valence-corrected chi connectivity index (χ4v) is 2.72. The van der Waals surface area contributed by atoms with E-state index in [0.29, 0.717) is 37.0 Å². The second kappa shape index (κ2) is 8.67. The Morgan fingerprint density at radius 1 is 1.04 bits per heavy atom. The predicted octanol–water partition coefficient (Wildman–Crippen LogP) is 2.90. The lowest BCUT2D eigenvalue weighted by molar-refractivity contribution is 0.0867. The summed E-state index contributed by atoms with van der Waals surface area (Å²) in [5, 5.41) is 3.42. The Labute approximate surface area is 154 Å². The number of ether oxygens (including phenoxy) is 5. The lowest BCUT2D eigenvalue weighted by atomic mass is 10.2. The summed E-state index contributed by atoms with van der Waals surface area (Å²) in [6, 6.07) is 13.4. The molecule has 0 saturated heterocycles. The summed E-state index contributed by atoms with van der Waals surface area (Å²) >= 11 is 0. The van der Waals surface area contributed by atoms with Gasteiger partial charge in [-0.2, -0.15) is 0 Å². The third-order valence-corrected chi connectivity index (χ3v) is 4.12. The largest absolute Gasteiger partial charge is 0.493 e. The van der Waals surface area contributed by atoms with Crippen LogP contribution in [-0.2, 0) is 0 Å². The van der Waals surface area contributed by atoms with Gasteiger partial charge in [-0.25, -0.2) is 0 Å². The second-order valence-corrected chi connectivity index (χ2v) is 6.11. The molecule has 0 aliphatic carbocycles. The minimum atomic E-state index is -0.0341. The summed E-state index contributed by atoms with van der Waals surface area (Å²) in [7, 11) is 3.23. The maximum atomic E-state index is 5.95. The van der Waals surface area contributed by atoms with Gasteiger partial charge in [-0.3, -0.25) is 0 Å². The Morgan fingerprint density at radius 2 is 1.73 bits per heavy atom. The summed E-state index contributed by atoms with van der Waals surface area (Å²) in [5.41, 5.74) is 0. The van der Waals surface area contributed by atoms with Crippen LogP contribution in [0.4, 0.5) is 0 Å². The Hall–Kier alpha value is -2.60. The molecule has 2 aromatic carbocycles. The third-order valence-electron chi connectivity index (χ3n) is 4.12. The minimum Gasteiger partial charge on any atom is -0.493 e. The number of rotatable bonds is 8. The van der Waals surface area contributed by atoms with Crippen molar-refractivity contribution in [3.05, 3.63) is 42.5 Å². The highest BCUT2D eigenvalue weighted by atomic mass is 16.6. The Morgan fingerprint density at radius 3 is 2.42 bits per heavy atom. The molecule has 3 rings (SSSR count). The van der Waals surface area contributed by atoms with Crippen molar-refractivity contribution in [3.63, 3.8) is 0 Å². The molecule has 0 fully saturated rings. The molecule has 0 radical (unpaired) electrons. The molecule has 0 bridgehead atoms. The van der Waals surface area contributed by atoms with Gasteiger partial charge in [0.05, 0.1) is 14.2 Å². The number of hydrogen-bond donors (Lipinski definition) is 1. The van der Waals surface area contributed by atoms with E-state index in [2.05, 4.69) is 12.2 Å². The van der Waals surface area contributed by atoms with Crippen LogP contribution in [0.1, 0.15) is 6.92 Å². The van der Waals surface area contributed by atoms with Crippen LogP contribution < -0.4 is 29.0 Å². The standard InChI is InChI=1S/C20H25NO5/c1-14(12-25-20-18(22-2)9-6-10-19(20)23-3)21-11-15-13-24-16-7-4-5-8-17(16)26-15/h4-10,14-15,21H,11-13H2,1-3H3/t14-,15-/m0/s1. The fraction of sp³-hybridized carbons (Fsp3) is 0.400. The lowest BCUT2D eigenvalue weighted by Gasteiger charge is -2.27. The van der Waals surface area contributed by atoms with Crippen molar-refractivity contribution in [2.45, 2.75) is 19.1 Å². The van der Waals surface area contributed by atoms with Crippen LogP contribution in [-0.4, -0.2) is 46.1 Å². The number of methoxy groups -OCH3 is 2. The SMILES string of the molecule is COc1cccc(OC)c1OC[C@H](C)NC[C@H]1COc2ccccc2O1. The molecule has 140 valence electrons. The van der Waals surface area contributed by atoms with Crippen LogP contribution >= 0.6 is 0 Å². The smallest absolute Gasteiger partial charge is 0.203 e. The molecule has 0 unspecified atom stereocenters. The summed E-state index contributed by atoms with van der Waals surface area (Å²) in [6.45, 7) is 3.72.